The molecule has 0 atom stereocenters. The van der Waals surface area contributed by atoms with Gasteiger partial charge in [-0.25, -0.2) is 13.6 Å². The summed E-state index contributed by atoms with van der Waals surface area (Å²) in [5, 5.41) is 10.3. The highest BCUT2D eigenvalue weighted by atomic mass is 19.4. The molecule has 7 nitrogen and oxygen atoms in total. The zero-order valence-corrected chi connectivity index (χ0v) is 17.0. The van der Waals surface area contributed by atoms with Crippen LogP contribution in [0, 0.1) is 11.6 Å². The maximum Gasteiger partial charge on any atom is 0.490 e. The summed E-state index contributed by atoms with van der Waals surface area (Å²) in [6, 6.07) is 2.94. The van der Waals surface area contributed by atoms with E-state index in [2.05, 4.69) is 5.32 Å². The van der Waals surface area contributed by atoms with Gasteiger partial charge in [-0.05, 0) is 32.0 Å². The Labute approximate surface area is 175 Å². The van der Waals surface area contributed by atoms with E-state index in [0.717, 1.165) is 25.2 Å². The number of hydrogen-bond donors (Lipinski definition) is 2. The molecule has 1 saturated heterocycles. The second-order valence-electron chi connectivity index (χ2n) is 6.90. The van der Waals surface area contributed by atoms with E-state index in [9.17, 15) is 31.5 Å². The van der Waals surface area contributed by atoms with E-state index >= 15 is 0 Å². The average Bonchev–Trinajstić information content (AvgIpc) is 2.70. The van der Waals surface area contributed by atoms with Crippen LogP contribution in [-0.4, -0.2) is 77.6 Å². The molecule has 1 aliphatic rings. The number of nitrogens with one attached hydrogen (secondary N) is 1. The molecule has 0 aromatic heterocycles. The van der Waals surface area contributed by atoms with Gasteiger partial charge in [0.25, 0.3) is 5.91 Å². The monoisotopic (exact) mass is 453 g/mol. The fourth-order valence-corrected chi connectivity index (χ4v) is 2.68. The maximum absolute atomic E-state index is 13.3. The van der Waals surface area contributed by atoms with Crippen LogP contribution in [0.2, 0.25) is 0 Å². The van der Waals surface area contributed by atoms with Crippen LogP contribution in [0.3, 0.4) is 0 Å². The Morgan fingerprint density at radius 2 is 1.68 bits per heavy atom. The van der Waals surface area contributed by atoms with E-state index in [-0.39, 0.29) is 30.5 Å². The molecule has 1 heterocycles. The van der Waals surface area contributed by atoms with E-state index in [4.69, 9.17) is 9.90 Å². The van der Waals surface area contributed by atoms with Gasteiger partial charge in [0.2, 0.25) is 5.91 Å². The molecule has 0 radical (unpaired) electrons. The van der Waals surface area contributed by atoms with Crippen molar-refractivity contribution in [2.45, 2.75) is 32.5 Å². The van der Waals surface area contributed by atoms with Crippen LogP contribution in [0.25, 0.3) is 0 Å². The molecule has 31 heavy (non-hydrogen) atoms. The standard InChI is InChI=1S/C17H23F2N3O2.C2HF3O2/c1-12(2)22(8-5-16(23)21-9-6-20-7-10-21)17(24)13-3-4-14(18)15(19)11-13;3-2(4,5)1(6)7/h3-4,11-12,20H,5-10H2,1-2H3;(H,6,7). The van der Waals surface area contributed by atoms with E-state index in [1.54, 1.807) is 4.90 Å². The Balaban J connectivity index is 0.000000592. The minimum Gasteiger partial charge on any atom is -0.475 e. The first-order valence-corrected chi connectivity index (χ1v) is 9.39. The summed E-state index contributed by atoms with van der Waals surface area (Å²) in [4.78, 5) is 37.0. The zero-order chi connectivity index (χ0) is 23.8. The summed E-state index contributed by atoms with van der Waals surface area (Å²) in [6.07, 6.45) is -4.87. The molecule has 1 aromatic carbocycles. The van der Waals surface area contributed by atoms with Crippen molar-refractivity contribution in [3.05, 3.63) is 35.4 Å². The zero-order valence-electron chi connectivity index (χ0n) is 17.0. The SMILES string of the molecule is CC(C)N(CCC(=O)N1CCNCC1)C(=O)c1ccc(F)c(F)c1.O=C(O)C(F)(F)F. The lowest BCUT2D eigenvalue weighted by atomic mass is 10.1. The second-order valence-corrected chi connectivity index (χ2v) is 6.90. The van der Waals surface area contributed by atoms with Crippen molar-refractivity contribution in [1.82, 2.24) is 15.1 Å². The number of amides is 2. The average molecular weight is 453 g/mol. The Bertz CT molecular complexity index is 780. The van der Waals surface area contributed by atoms with Gasteiger partial charge in [-0.1, -0.05) is 0 Å². The topological polar surface area (TPSA) is 90.0 Å². The third-order valence-electron chi connectivity index (χ3n) is 4.33. The summed E-state index contributed by atoms with van der Waals surface area (Å²) < 4.78 is 58.1. The number of nitrogens with zero attached hydrogens (tertiary/aromatic N) is 2. The van der Waals surface area contributed by atoms with Crippen LogP contribution < -0.4 is 5.32 Å². The van der Waals surface area contributed by atoms with E-state index in [1.165, 1.54) is 11.0 Å². The van der Waals surface area contributed by atoms with Crippen molar-refractivity contribution in [2.75, 3.05) is 32.7 Å². The van der Waals surface area contributed by atoms with Gasteiger partial charge < -0.3 is 20.2 Å². The largest absolute Gasteiger partial charge is 0.490 e. The number of rotatable bonds is 5. The van der Waals surface area contributed by atoms with Gasteiger partial charge in [0.15, 0.2) is 11.6 Å². The van der Waals surface area contributed by atoms with Crippen molar-refractivity contribution >= 4 is 17.8 Å². The first-order valence-electron chi connectivity index (χ1n) is 9.39. The molecule has 1 fully saturated rings. The molecule has 0 spiro atoms. The number of carbonyl (C=O) groups is 3. The van der Waals surface area contributed by atoms with Crippen LogP contribution in [0.5, 0.6) is 0 Å². The molecule has 0 saturated carbocycles. The fourth-order valence-electron chi connectivity index (χ4n) is 2.68. The van der Waals surface area contributed by atoms with Gasteiger partial charge in [0, 0.05) is 50.7 Å². The molecule has 174 valence electrons. The fraction of sp³-hybridized carbons (Fsp3) is 0.526. The molecule has 1 aromatic rings. The maximum atomic E-state index is 13.3. The smallest absolute Gasteiger partial charge is 0.475 e. The summed E-state index contributed by atoms with van der Waals surface area (Å²) in [5.74, 6) is -5.21. The molecule has 0 aliphatic carbocycles. The van der Waals surface area contributed by atoms with Gasteiger partial charge >= 0.3 is 12.1 Å². The Hall–Kier alpha value is -2.76. The lowest BCUT2D eigenvalue weighted by Gasteiger charge is -2.30. The quantitative estimate of drug-likeness (QED) is 0.668. The highest BCUT2D eigenvalue weighted by molar-refractivity contribution is 5.94. The third kappa shape index (κ3) is 8.48. The van der Waals surface area contributed by atoms with Gasteiger partial charge in [-0.3, -0.25) is 9.59 Å². The second kappa shape index (κ2) is 11.6. The number of carbonyl (C=O) groups excluding carboxylic acids is 2. The molecular weight excluding hydrogens is 429 g/mol. The Morgan fingerprint density at radius 3 is 2.13 bits per heavy atom. The number of carboxylic acid groups (broad SMARTS) is 1. The van der Waals surface area contributed by atoms with Crippen LogP contribution in [0.15, 0.2) is 18.2 Å². The summed E-state index contributed by atoms with van der Waals surface area (Å²) >= 11 is 0. The first kappa shape index (κ1) is 26.3. The van der Waals surface area contributed by atoms with Crippen molar-refractivity contribution in [3.8, 4) is 0 Å². The Kier molecular flexibility index (Phi) is 9.82. The summed E-state index contributed by atoms with van der Waals surface area (Å²) in [7, 11) is 0. The molecule has 2 N–H and O–H groups in total. The molecule has 0 unspecified atom stereocenters. The third-order valence-corrected chi connectivity index (χ3v) is 4.33. The van der Waals surface area contributed by atoms with E-state index in [0.29, 0.717) is 13.1 Å². The minimum absolute atomic E-state index is 0.000219. The number of hydrogen-bond acceptors (Lipinski definition) is 4. The van der Waals surface area contributed by atoms with Crippen molar-refractivity contribution in [3.63, 3.8) is 0 Å². The highest BCUT2D eigenvalue weighted by Crippen LogP contribution is 2.14. The molecule has 12 heteroatoms. The molecule has 2 amide bonds. The highest BCUT2D eigenvalue weighted by Gasteiger charge is 2.38. The van der Waals surface area contributed by atoms with Crippen LogP contribution >= 0.6 is 0 Å². The summed E-state index contributed by atoms with van der Waals surface area (Å²) in [5.41, 5.74) is 0.0808. The number of aliphatic carboxylic acids is 1. The van der Waals surface area contributed by atoms with Gasteiger partial charge in [0.05, 0.1) is 0 Å². The lowest BCUT2D eigenvalue weighted by molar-refractivity contribution is -0.192. The van der Waals surface area contributed by atoms with Gasteiger partial charge in [-0.15, -0.1) is 0 Å². The van der Waals surface area contributed by atoms with Crippen LogP contribution in [0.4, 0.5) is 22.0 Å². The number of carboxylic acids is 1. The van der Waals surface area contributed by atoms with Gasteiger partial charge in [-0.2, -0.15) is 13.2 Å². The number of piperazine rings is 1. The van der Waals surface area contributed by atoms with Gasteiger partial charge in [0.1, 0.15) is 0 Å². The molecule has 0 bridgehead atoms. The van der Waals surface area contributed by atoms with E-state index in [1.807, 2.05) is 13.8 Å². The number of alkyl halides is 3. The lowest BCUT2D eigenvalue weighted by Crippen LogP contribution is -2.47. The van der Waals surface area contributed by atoms with Crippen molar-refractivity contribution in [1.29, 1.82) is 0 Å². The van der Waals surface area contributed by atoms with Crippen LogP contribution in [-0.2, 0) is 9.59 Å². The minimum atomic E-state index is -5.08. The predicted molar refractivity (Wildman–Crippen MR) is 100 cm³/mol. The number of halogens is 5. The Morgan fingerprint density at radius 1 is 1.13 bits per heavy atom. The first-order chi connectivity index (χ1) is 14.3. The van der Waals surface area contributed by atoms with Crippen molar-refractivity contribution in [2.24, 2.45) is 0 Å². The molecule has 2 rings (SSSR count). The number of benzene rings is 1. The van der Waals surface area contributed by atoms with E-state index < -0.39 is 29.7 Å². The summed E-state index contributed by atoms with van der Waals surface area (Å²) in [6.45, 7) is 6.77. The van der Waals surface area contributed by atoms with Crippen molar-refractivity contribution < 1.29 is 41.4 Å². The predicted octanol–water partition coefficient (Wildman–Crippen LogP) is 2.27. The normalized spacial score (nSPS) is 14.0. The molecular formula is C19H24F5N3O4. The molecule has 1 aliphatic heterocycles. The van der Waals surface area contributed by atoms with Crippen LogP contribution in [0.1, 0.15) is 30.6 Å².